The van der Waals surface area contributed by atoms with E-state index in [1.807, 2.05) is 29.2 Å². The fraction of sp³-hybridized carbons (Fsp3) is 0.381. The van der Waals surface area contributed by atoms with Gasteiger partial charge in [-0.1, -0.05) is 35.9 Å². The number of halogens is 1. The summed E-state index contributed by atoms with van der Waals surface area (Å²) >= 11 is 6.20. The molecule has 2 heterocycles. The molecule has 2 aliphatic heterocycles. The van der Waals surface area contributed by atoms with Crippen LogP contribution in [0.2, 0.25) is 5.02 Å². The Labute approximate surface area is 158 Å². The van der Waals surface area contributed by atoms with Gasteiger partial charge in [-0.2, -0.15) is 0 Å². The van der Waals surface area contributed by atoms with Gasteiger partial charge in [-0.25, -0.2) is 0 Å². The number of ether oxygens (including phenoxy) is 2. The van der Waals surface area contributed by atoms with Gasteiger partial charge in [0.15, 0.2) is 0 Å². The molecule has 0 bridgehead atoms. The minimum absolute atomic E-state index is 0.0125. The topological polar surface area (TPSA) is 38.8 Å². The van der Waals surface area contributed by atoms with Crippen molar-refractivity contribution < 1.29 is 14.3 Å². The lowest BCUT2D eigenvalue weighted by atomic mass is 9.78. The highest BCUT2D eigenvalue weighted by molar-refractivity contribution is 6.33. The predicted octanol–water partition coefficient (Wildman–Crippen LogP) is 4.05. The summed E-state index contributed by atoms with van der Waals surface area (Å²) in [5.74, 6) is 0.870. The van der Waals surface area contributed by atoms with Crippen molar-refractivity contribution in [1.29, 1.82) is 0 Å². The van der Waals surface area contributed by atoms with E-state index in [0.29, 0.717) is 30.3 Å². The van der Waals surface area contributed by atoms with Crippen molar-refractivity contribution in [2.24, 2.45) is 0 Å². The largest absolute Gasteiger partial charge is 0.496 e. The van der Waals surface area contributed by atoms with Crippen molar-refractivity contribution >= 4 is 17.5 Å². The summed E-state index contributed by atoms with van der Waals surface area (Å²) in [6.45, 7) is 1.99. The monoisotopic (exact) mass is 371 g/mol. The summed E-state index contributed by atoms with van der Waals surface area (Å²) in [6.07, 6.45) is 2.42. The van der Waals surface area contributed by atoms with Crippen molar-refractivity contribution in [2.75, 3.05) is 26.8 Å². The number of piperidine rings is 1. The standard InChI is InChI=1S/C21H22ClNO3/c1-25-18-8-4-5-15-9-14-26-21(19(15)18)10-12-23(13-11-21)20(24)16-6-2-3-7-17(16)22/h2-8H,9-14H2,1H3. The van der Waals surface area contributed by atoms with Gasteiger partial charge in [0.05, 0.1) is 24.3 Å². The lowest BCUT2D eigenvalue weighted by Gasteiger charge is -2.45. The Bertz CT molecular complexity index is 814. The lowest BCUT2D eigenvalue weighted by Crippen LogP contribution is -2.48. The minimum atomic E-state index is -0.364. The summed E-state index contributed by atoms with van der Waals surface area (Å²) in [6, 6.07) is 13.4. The lowest BCUT2D eigenvalue weighted by molar-refractivity contribution is -0.0946. The number of likely N-dealkylation sites (tertiary alicyclic amines) is 1. The Kier molecular flexibility index (Phi) is 4.63. The maximum absolute atomic E-state index is 12.8. The first-order chi connectivity index (χ1) is 12.6. The number of carbonyl (C=O) groups excluding carboxylic acids is 1. The third-order valence-corrected chi connectivity index (χ3v) is 5.83. The Balaban J connectivity index is 1.58. The van der Waals surface area contributed by atoms with Crippen LogP contribution < -0.4 is 4.74 Å². The van der Waals surface area contributed by atoms with E-state index >= 15 is 0 Å². The molecule has 0 saturated carbocycles. The van der Waals surface area contributed by atoms with Gasteiger partial charge in [0.1, 0.15) is 11.4 Å². The molecule has 5 heteroatoms. The molecule has 1 amide bonds. The van der Waals surface area contributed by atoms with Crippen LogP contribution in [0.15, 0.2) is 42.5 Å². The van der Waals surface area contributed by atoms with Crippen LogP contribution in [0, 0.1) is 0 Å². The molecule has 26 heavy (non-hydrogen) atoms. The maximum Gasteiger partial charge on any atom is 0.255 e. The van der Waals surface area contributed by atoms with Gasteiger partial charge >= 0.3 is 0 Å². The molecule has 1 fully saturated rings. The van der Waals surface area contributed by atoms with Crippen LogP contribution in [-0.2, 0) is 16.8 Å². The van der Waals surface area contributed by atoms with E-state index in [2.05, 4.69) is 6.07 Å². The SMILES string of the molecule is COc1cccc2c1C1(CCN(C(=O)c3ccccc3Cl)CC1)OCC2. The molecule has 0 aromatic heterocycles. The van der Waals surface area contributed by atoms with Crippen LogP contribution in [0.3, 0.4) is 0 Å². The number of nitrogens with zero attached hydrogens (tertiary/aromatic N) is 1. The van der Waals surface area contributed by atoms with E-state index in [-0.39, 0.29) is 11.5 Å². The highest BCUT2D eigenvalue weighted by Gasteiger charge is 2.43. The molecule has 0 unspecified atom stereocenters. The van der Waals surface area contributed by atoms with E-state index in [1.165, 1.54) is 11.1 Å². The van der Waals surface area contributed by atoms with Crippen LogP contribution in [-0.4, -0.2) is 37.6 Å². The molecule has 0 radical (unpaired) electrons. The van der Waals surface area contributed by atoms with Crippen LogP contribution in [0.5, 0.6) is 5.75 Å². The van der Waals surface area contributed by atoms with E-state index in [4.69, 9.17) is 21.1 Å². The molecule has 0 aliphatic carbocycles. The van der Waals surface area contributed by atoms with Crippen molar-refractivity contribution in [3.8, 4) is 5.75 Å². The van der Waals surface area contributed by atoms with Gasteiger partial charge in [-0.3, -0.25) is 4.79 Å². The summed E-state index contributed by atoms with van der Waals surface area (Å²) in [5, 5.41) is 0.499. The molecular formula is C21H22ClNO3. The second kappa shape index (κ2) is 6.93. The van der Waals surface area contributed by atoms with Crippen molar-refractivity contribution in [1.82, 2.24) is 4.90 Å². The van der Waals surface area contributed by atoms with Crippen LogP contribution in [0.4, 0.5) is 0 Å². The number of hydrogen-bond acceptors (Lipinski definition) is 3. The second-order valence-corrected chi connectivity index (χ2v) is 7.27. The number of methoxy groups -OCH3 is 1. The van der Waals surface area contributed by atoms with Gasteiger partial charge in [-0.15, -0.1) is 0 Å². The second-order valence-electron chi connectivity index (χ2n) is 6.86. The molecule has 1 spiro atoms. The molecule has 0 N–H and O–H groups in total. The minimum Gasteiger partial charge on any atom is -0.496 e. The summed E-state index contributed by atoms with van der Waals surface area (Å²) in [5.41, 5.74) is 2.66. The summed E-state index contributed by atoms with van der Waals surface area (Å²) < 4.78 is 11.9. The number of amides is 1. The first-order valence-corrected chi connectivity index (χ1v) is 9.36. The average Bonchev–Trinajstić information content (AvgIpc) is 2.68. The molecule has 0 atom stereocenters. The van der Waals surface area contributed by atoms with E-state index < -0.39 is 0 Å². The highest BCUT2D eigenvalue weighted by atomic mass is 35.5. The van der Waals surface area contributed by atoms with Crippen molar-refractivity contribution in [2.45, 2.75) is 24.9 Å². The van der Waals surface area contributed by atoms with Crippen LogP contribution in [0.1, 0.15) is 34.3 Å². The zero-order chi connectivity index (χ0) is 18.1. The fourth-order valence-corrected chi connectivity index (χ4v) is 4.39. The molecule has 2 aromatic carbocycles. The number of rotatable bonds is 2. The Morgan fingerprint density at radius 2 is 1.92 bits per heavy atom. The zero-order valence-electron chi connectivity index (χ0n) is 14.8. The third-order valence-electron chi connectivity index (χ3n) is 5.50. The predicted molar refractivity (Wildman–Crippen MR) is 101 cm³/mol. The van der Waals surface area contributed by atoms with E-state index in [1.54, 1.807) is 19.2 Å². The van der Waals surface area contributed by atoms with Gasteiger partial charge < -0.3 is 14.4 Å². The quantitative estimate of drug-likeness (QED) is 0.799. The maximum atomic E-state index is 12.8. The van der Waals surface area contributed by atoms with Gasteiger partial charge in [0.25, 0.3) is 5.91 Å². The fourth-order valence-electron chi connectivity index (χ4n) is 4.17. The third kappa shape index (κ3) is 2.87. The average molecular weight is 372 g/mol. The molecular weight excluding hydrogens is 350 g/mol. The van der Waals surface area contributed by atoms with Gasteiger partial charge in [0, 0.05) is 18.7 Å². The zero-order valence-corrected chi connectivity index (χ0v) is 15.6. The molecule has 1 saturated heterocycles. The first-order valence-electron chi connectivity index (χ1n) is 8.99. The molecule has 4 nitrogen and oxygen atoms in total. The summed E-state index contributed by atoms with van der Waals surface area (Å²) in [4.78, 5) is 14.7. The van der Waals surface area contributed by atoms with Crippen molar-refractivity contribution in [3.05, 3.63) is 64.2 Å². The normalized spacial score (nSPS) is 18.5. The van der Waals surface area contributed by atoms with E-state index in [9.17, 15) is 4.79 Å². The smallest absolute Gasteiger partial charge is 0.255 e. The highest BCUT2D eigenvalue weighted by Crippen LogP contribution is 2.46. The Morgan fingerprint density at radius 3 is 2.65 bits per heavy atom. The number of hydrogen-bond donors (Lipinski definition) is 0. The van der Waals surface area contributed by atoms with E-state index in [0.717, 1.165) is 25.0 Å². The number of fused-ring (bicyclic) bond motifs is 2. The Morgan fingerprint density at radius 1 is 1.15 bits per heavy atom. The molecule has 2 aromatic rings. The molecule has 2 aliphatic rings. The van der Waals surface area contributed by atoms with Crippen LogP contribution in [0.25, 0.3) is 0 Å². The number of benzene rings is 2. The molecule has 4 rings (SSSR count). The number of carbonyl (C=O) groups is 1. The van der Waals surface area contributed by atoms with Gasteiger partial charge in [0.2, 0.25) is 0 Å². The van der Waals surface area contributed by atoms with Crippen LogP contribution >= 0.6 is 11.6 Å². The first kappa shape index (κ1) is 17.4. The summed E-state index contributed by atoms with van der Waals surface area (Å²) in [7, 11) is 1.70. The Hall–Kier alpha value is -2.04. The molecule has 136 valence electrons. The van der Waals surface area contributed by atoms with Crippen molar-refractivity contribution in [3.63, 3.8) is 0 Å². The van der Waals surface area contributed by atoms with Gasteiger partial charge in [-0.05, 0) is 43.0 Å².